The van der Waals surface area contributed by atoms with E-state index in [1.165, 1.54) is 6.92 Å². The van der Waals surface area contributed by atoms with Crippen molar-refractivity contribution in [3.05, 3.63) is 45.0 Å². The first-order chi connectivity index (χ1) is 8.97. The molecule has 102 valence electrons. The van der Waals surface area contributed by atoms with Crippen molar-refractivity contribution in [3.63, 3.8) is 0 Å². The van der Waals surface area contributed by atoms with E-state index in [1.807, 2.05) is 4.98 Å². The Morgan fingerprint density at radius 1 is 1.58 bits per heavy atom. The van der Waals surface area contributed by atoms with E-state index in [0.29, 0.717) is 0 Å². The van der Waals surface area contributed by atoms with Crippen molar-refractivity contribution in [1.82, 2.24) is 9.55 Å². The molecule has 0 fully saturated rings. The first-order valence-electron chi connectivity index (χ1n) is 5.45. The number of halogens is 1. The van der Waals surface area contributed by atoms with Gasteiger partial charge in [0, 0.05) is 19.2 Å². The van der Waals surface area contributed by atoms with Gasteiger partial charge in [-0.2, -0.15) is 0 Å². The number of esters is 1. The Morgan fingerprint density at radius 2 is 2.32 bits per heavy atom. The summed E-state index contributed by atoms with van der Waals surface area (Å²) in [6, 6.07) is 1.08. The maximum Gasteiger partial charge on any atom is 0.330 e. The molecular weight excluding hydrogens is 259 g/mol. The van der Waals surface area contributed by atoms with Gasteiger partial charge in [0.05, 0.1) is 0 Å². The quantitative estimate of drug-likeness (QED) is 0.771. The molecule has 0 spiro atoms. The van der Waals surface area contributed by atoms with Crippen molar-refractivity contribution in [2.75, 3.05) is 6.61 Å². The summed E-state index contributed by atoms with van der Waals surface area (Å²) in [5.41, 5.74) is -1.37. The van der Waals surface area contributed by atoms with E-state index in [-0.39, 0.29) is 6.61 Å². The molecule has 0 bridgehead atoms. The Bertz CT molecular complexity index is 632. The van der Waals surface area contributed by atoms with Gasteiger partial charge in [-0.25, -0.2) is 9.18 Å². The second-order valence-electron chi connectivity index (χ2n) is 3.90. The molecule has 1 aromatic rings. The number of H-pyrrole nitrogens is 1. The SMILES string of the molecule is CC(=O)OC[C@@H]1C=C(F)[C@H](n2ccc(=O)[nH]c2=O)O1. The average Bonchev–Trinajstić information content (AvgIpc) is 2.68. The molecule has 8 heteroatoms. The second-order valence-corrected chi connectivity index (χ2v) is 3.90. The molecule has 0 amide bonds. The van der Waals surface area contributed by atoms with Crippen molar-refractivity contribution < 1.29 is 18.7 Å². The molecular formula is C11H11FN2O5. The third kappa shape index (κ3) is 2.97. The summed E-state index contributed by atoms with van der Waals surface area (Å²) in [7, 11) is 0. The van der Waals surface area contributed by atoms with Crippen molar-refractivity contribution in [1.29, 1.82) is 0 Å². The largest absolute Gasteiger partial charge is 0.463 e. The van der Waals surface area contributed by atoms with Gasteiger partial charge in [0.15, 0.2) is 6.23 Å². The third-order valence-electron chi connectivity index (χ3n) is 2.44. The van der Waals surface area contributed by atoms with Crippen LogP contribution in [-0.4, -0.2) is 28.2 Å². The Balaban J connectivity index is 2.15. The summed E-state index contributed by atoms with van der Waals surface area (Å²) >= 11 is 0. The van der Waals surface area contributed by atoms with E-state index in [4.69, 9.17) is 4.74 Å². The van der Waals surface area contributed by atoms with Gasteiger partial charge in [0.1, 0.15) is 18.5 Å². The smallest absolute Gasteiger partial charge is 0.330 e. The number of carbonyl (C=O) groups excluding carboxylic acids is 1. The number of carbonyl (C=O) groups is 1. The summed E-state index contributed by atoms with van der Waals surface area (Å²) in [6.07, 6.45) is 0.219. The number of hydrogen-bond donors (Lipinski definition) is 1. The normalized spacial score (nSPS) is 22.1. The van der Waals surface area contributed by atoms with Crippen molar-refractivity contribution in [2.45, 2.75) is 19.3 Å². The molecule has 1 aliphatic rings. The first kappa shape index (κ1) is 13.2. The second kappa shape index (κ2) is 5.19. The zero-order chi connectivity index (χ0) is 14.0. The Kier molecular flexibility index (Phi) is 3.61. The van der Waals surface area contributed by atoms with Gasteiger partial charge in [0.2, 0.25) is 0 Å². The monoisotopic (exact) mass is 270 g/mol. The molecule has 1 aliphatic heterocycles. The Labute approximate surface area is 106 Å². The molecule has 0 radical (unpaired) electrons. The molecule has 1 aromatic heterocycles. The van der Waals surface area contributed by atoms with E-state index in [9.17, 15) is 18.8 Å². The van der Waals surface area contributed by atoms with Crippen LogP contribution < -0.4 is 11.2 Å². The molecule has 7 nitrogen and oxygen atoms in total. The lowest BCUT2D eigenvalue weighted by molar-refractivity contribution is -0.145. The van der Waals surface area contributed by atoms with Crippen LogP contribution in [0.1, 0.15) is 13.2 Å². The molecule has 2 heterocycles. The summed E-state index contributed by atoms with van der Waals surface area (Å²) in [4.78, 5) is 35.0. The molecule has 0 unspecified atom stereocenters. The number of nitrogens with zero attached hydrogens (tertiary/aromatic N) is 1. The van der Waals surface area contributed by atoms with Crippen LogP contribution in [0.25, 0.3) is 0 Å². The van der Waals surface area contributed by atoms with E-state index in [1.54, 1.807) is 0 Å². The fourth-order valence-corrected chi connectivity index (χ4v) is 1.63. The summed E-state index contributed by atoms with van der Waals surface area (Å²) < 4.78 is 24.5. The number of nitrogens with one attached hydrogen (secondary N) is 1. The highest BCUT2D eigenvalue weighted by atomic mass is 19.1. The maximum atomic E-state index is 13.7. The lowest BCUT2D eigenvalue weighted by Gasteiger charge is -2.15. The van der Waals surface area contributed by atoms with E-state index in [0.717, 1.165) is 22.9 Å². The number of aromatic amines is 1. The number of rotatable bonds is 3. The molecule has 2 atom stereocenters. The van der Waals surface area contributed by atoms with Crippen LogP contribution in [0, 0.1) is 0 Å². The van der Waals surface area contributed by atoms with Crippen molar-refractivity contribution in [3.8, 4) is 0 Å². The summed E-state index contributed by atoms with van der Waals surface area (Å²) in [5, 5.41) is 0. The average molecular weight is 270 g/mol. The summed E-state index contributed by atoms with van der Waals surface area (Å²) in [6.45, 7) is 1.08. The topological polar surface area (TPSA) is 90.4 Å². The fraction of sp³-hybridized carbons (Fsp3) is 0.364. The zero-order valence-electron chi connectivity index (χ0n) is 9.96. The van der Waals surface area contributed by atoms with Crippen LogP contribution in [0.15, 0.2) is 33.8 Å². The Hall–Kier alpha value is -2.22. The standard InChI is InChI=1S/C11H11FN2O5/c1-6(15)18-5-7-4-8(12)10(19-7)14-3-2-9(16)13-11(14)17/h2-4,7,10H,5H2,1H3,(H,13,16,17)/t7-,10+/m0/s1. The minimum atomic E-state index is -1.26. The molecule has 1 N–H and O–H groups in total. The van der Waals surface area contributed by atoms with Crippen LogP contribution in [0.2, 0.25) is 0 Å². The van der Waals surface area contributed by atoms with Crippen LogP contribution in [0.5, 0.6) is 0 Å². The number of ether oxygens (including phenoxy) is 2. The highest BCUT2D eigenvalue weighted by molar-refractivity contribution is 5.65. The van der Waals surface area contributed by atoms with Gasteiger partial charge >= 0.3 is 11.7 Å². The van der Waals surface area contributed by atoms with Gasteiger partial charge in [-0.1, -0.05) is 0 Å². The van der Waals surface area contributed by atoms with Gasteiger partial charge in [0.25, 0.3) is 5.56 Å². The van der Waals surface area contributed by atoms with Crippen molar-refractivity contribution >= 4 is 5.97 Å². The van der Waals surface area contributed by atoms with E-state index < -0.39 is 35.4 Å². The molecule has 2 rings (SSSR count). The van der Waals surface area contributed by atoms with Crippen molar-refractivity contribution in [2.24, 2.45) is 0 Å². The van der Waals surface area contributed by atoms with Crippen LogP contribution in [-0.2, 0) is 14.3 Å². The van der Waals surface area contributed by atoms with E-state index in [2.05, 4.69) is 4.74 Å². The number of hydrogen-bond acceptors (Lipinski definition) is 5. The number of aromatic nitrogens is 2. The fourth-order valence-electron chi connectivity index (χ4n) is 1.63. The summed E-state index contributed by atoms with van der Waals surface area (Å²) in [5.74, 6) is -1.20. The Morgan fingerprint density at radius 3 is 2.95 bits per heavy atom. The molecule has 0 saturated carbocycles. The zero-order valence-corrected chi connectivity index (χ0v) is 9.96. The molecule has 0 aromatic carbocycles. The van der Waals surface area contributed by atoms with Crippen LogP contribution >= 0.6 is 0 Å². The maximum absolute atomic E-state index is 13.7. The van der Waals surface area contributed by atoms with Gasteiger partial charge in [-0.3, -0.25) is 19.1 Å². The molecule has 19 heavy (non-hydrogen) atoms. The first-order valence-corrected chi connectivity index (χ1v) is 5.45. The highest BCUT2D eigenvalue weighted by Crippen LogP contribution is 2.28. The predicted molar refractivity (Wildman–Crippen MR) is 61.1 cm³/mol. The van der Waals surface area contributed by atoms with E-state index >= 15 is 0 Å². The molecule has 0 aliphatic carbocycles. The molecule has 0 saturated heterocycles. The van der Waals surface area contributed by atoms with Gasteiger partial charge in [-0.15, -0.1) is 0 Å². The van der Waals surface area contributed by atoms with Crippen LogP contribution in [0.3, 0.4) is 0 Å². The van der Waals surface area contributed by atoms with Crippen LogP contribution in [0.4, 0.5) is 4.39 Å². The van der Waals surface area contributed by atoms with Gasteiger partial charge in [-0.05, 0) is 6.08 Å². The minimum Gasteiger partial charge on any atom is -0.463 e. The van der Waals surface area contributed by atoms with Gasteiger partial charge < -0.3 is 9.47 Å². The lowest BCUT2D eigenvalue weighted by atomic mass is 10.3. The minimum absolute atomic E-state index is 0.142. The third-order valence-corrected chi connectivity index (χ3v) is 2.44. The predicted octanol–water partition coefficient (Wildman–Crippen LogP) is -0.149. The highest BCUT2D eigenvalue weighted by Gasteiger charge is 2.30. The lowest BCUT2D eigenvalue weighted by Crippen LogP contribution is -2.32.